The van der Waals surface area contributed by atoms with E-state index in [4.69, 9.17) is 9.47 Å². The molecule has 120 valence electrons. The molecule has 4 rings (SSSR count). The van der Waals surface area contributed by atoms with Crippen molar-refractivity contribution in [2.75, 3.05) is 37.7 Å². The van der Waals surface area contributed by atoms with Gasteiger partial charge in [0.15, 0.2) is 17.3 Å². The van der Waals surface area contributed by atoms with Gasteiger partial charge in [0.05, 0.1) is 17.9 Å². The van der Waals surface area contributed by atoms with E-state index in [1.54, 1.807) is 6.20 Å². The summed E-state index contributed by atoms with van der Waals surface area (Å²) < 4.78 is 19.7. The number of anilines is 1. The van der Waals surface area contributed by atoms with Crippen LogP contribution in [0.15, 0.2) is 30.5 Å². The first-order valence-corrected chi connectivity index (χ1v) is 8.24. The summed E-state index contributed by atoms with van der Waals surface area (Å²) in [5.41, 5.74) is 0. The molecule has 23 heavy (non-hydrogen) atoms. The van der Waals surface area contributed by atoms with Crippen molar-refractivity contribution in [1.29, 1.82) is 0 Å². The van der Waals surface area contributed by atoms with E-state index in [9.17, 15) is 4.79 Å². The second kappa shape index (κ2) is 6.04. The van der Waals surface area contributed by atoms with Crippen molar-refractivity contribution < 1.29 is 14.3 Å². The van der Waals surface area contributed by atoms with E-state index in [2.05, 4.69) is 13.6 Å². The second-order valence-electron chi connectivity index (χ2n) is 5.44. The highest BCUT2D eigenvalue weighted by Gasteiger charge is 2.32. The minimum Gasteiger partial charge on any atom is -0.485 e. The summed E-state index contributed by atoms with van der Waals surface area (Å²) in [7, 11) is 0. The van der Waals surface area contributed by atoms with Crippen LogP contribution < -0.4 is 14.4 Å². The summed E-state index contributed by atoms with van der Waals surface area (Å²) in [6.07, 6.45) is 1.19. The van der Waals surface area contributed by atoms with Gasteiger partial charge in [-0.3, -0.25) is 4.79 Å². The number of aromatic nitrogens is 2. The Bertz CT molecular complexity index is 686. The van der Waals surface area contributed by atoms with E-state index < -0.39 is 6.10 Å². The summed E-state index contributed by atoms with van der Waals surface area (Å²) in [4.78, 5) is 16.6. The van der Waals surface area contributed by atoms with E-state index in [1.165, 1.54) is 11.7 Å². The molecule has 1 aromatic heterocycles. The maximum Gasteiger partial charge on any atom is 0.267 e. The van der Waals surface area contributed by atoms with Gasteiger partial charge in [0.25, 0.3) is 5.91 Å². The maximum absolute atomic E-state index is 12.6. The van der Waals surface area contributed by atoms with Crippen molar-refractivity contribution in [3.8, 4) is 11.5 Å². The Morgan fingerprint density at radius 3 is 2.70 bits per heavy atom. The summed E-state index contributed by atoms with van der Waals surface area (Å²) in [6, 6.07) is 7.42. The lowest BCUT2D eigenvalue weighted by molar-refractivity contribution is -0.141. The molecule has 0 radical (unpaired) electrons. The van der Waals surface area contributed by atoms with E-state index in [1.807, 2.05) is 29.2 Å². The molecule has 1 atom stereocenters. The Morgan fingerprint density at radius 2 is 1.96 bits per heavy atom. The predicted molar refractivity (Wildman–Crippen MR) is 85.1 cm³/mol. The summed E-state index contributed by atoms with van der Waals surface area (Å²) in [6.45, 7) is 3.06. The highest BCUT2D eigenvalue weighted by molar-refractivity contribution is 6.99. The maximum atomic E-state index is 12.6. The minimum atomic E-state index is -0.572. The number of benzene rings is 1. The first-order valence-electron chi connectivity index (χ1n) is 7.51. The Balaban J connectivity index is 1.37. The van der Waals surface area contributed by atoms with Crippen LogP contribution in [-0.4, -0.2) is 58.4 Å². The molecule has 1 amide bonds. The third-order valence-electron chi connectivity index (χ3n) is 4.05. The Hall–Kier alpha value is -2.35. The van der Waals surface area contributed by atoms with Gasteiger partial charge < -0.3 is 19.3 Å². The van der Waals surface area contributed by atoms with Crippen molar-refractivity contribution in [2.24, 2.45) is 0 Å². The highest BCUT2D eigenvalue weighted by Crippen LogP contribution is 2.31. The summed E-state index contributed by atoms with van der Waals surface area (Å²) in [5.74, 6) is 2.19. The molecule has 0 saturated carbocycles. The zero-order valence-corrected chi connectivity index (χ0v) is 13.2. The number of carbonyl (C=O) groups is 1. The van der Waals surface area contributed by atoms with Crippen LogP contribution >= 0.6 is 11.7 Å². The lowest BCUT2D eigenvalue weighted by Crippen LogP contribution is -2.54. The van der Waals surface area contributed by atoms with Crippen molar-refractivity contribution in [3.05, 3.63) is 30.5 Å². The van der Waals surface area contributed by atoms with Gasteiger partial charge in [0, 0.05) is 26.2 Å². The zero-order valence-electron chi connectivity index (χ0n) is 12.4. The number of piperazine rings is 1. The molecule has 2 aromatic rings. The van der Waals surface area contributed by atoms with Crippen LogP contribution in [0, 0.1) is 0 Å². The highest BCUT2D eigenvalue weighted by atomic mass is 32.1. The third-order valence-corrected chi connectivity index (χ3v) is 4.52. The summed E-state index contributed by atoms with van der Waals surface area (Å²) in [5, 5.41) is 0. The molecule has 0 spiro atoms. The van der Waals surface area contributed by atoms with E-state index in [0.29, 0.717) is 24.6 Å². The average Bonchev–Trinajstić information content (AvgIpc) is 3.15. The van der Waals surface area contributed by atoms with Gasteiger partial charge >= 0.3 is 0 Å². The van der Waals surface area contributed by atoms with Crippen LogP contribution in [0.2, 0.25) is 0 Å². The minimum absolute atomic E-state index is 0.0180. The van der Waals surface area contributed by atoms with Gasteiger partial charge in [-0.25, -0.2) is 0 Å². The Kier molecular flexibility index (Phi) is 3.74. The lowest BCUT2D eigenvalue weighted by Gasteiger charge is -2.37. The molecule has 8 heteroatoms. The normalized spacial score (nSPS) is 20.4. The standard InChI is InChI=1S/C15H16N4O3S/c20-15(13-10-21-11-3-1-2-4-12(11)22-13)19-7-5-18(6-8-19)14-9-16-23-17-14/h1-4,9,13H,5-8,10H2/t13-/m0/s1. The number of hydrogen-bond donors (Lipinski definition) is 0. The zero-order chi connectivity index (χ0) is 15.6. The molecular formula is C15H16N4O3S. The Labute approximate surface area is 137 Å². The van der Waals surface area contributed by atoms with Gasteiger partial charge in [-0.05, 0) is 12.1 Å². The number of amides is 1. The number of hydrogen-bond acceptors (Lipinski definition) is 7. The first-order chi connectivity index (χ1) is 11.3. The molecule has 0 bridgehead atoms. The smallest absolute Gasteiger partial charge is 0.267 e. The SMILES string of the molecule is O=C([C@@H]1COc2ccccc2O1)N1CCN(c2cnsn2)CC1. The van der Waals surface area contributed by atoms with Crippen molar-refractivity contribution >= 4 is 23.5 Å². The fraction of sp³-hybridized carbons (Fsp3) is 0.400. The van der Waals surface area contributed by atoms with Crippen LogP contribution in [0.1, 0.15) is 0 Å². The average molecular weight is 332 g/mol. The Morgan fingerprint density at radius 1 is 1.17 bits per heavy atom. The number of rotatable bonds is 2. The van der Waals surface area contributed by atoms with E-state index >= 15 is 0 Å². The van der Waals surface area contributed by atoms with Gasteiger partial charge in [-0.2, -0.15) is 8.75 Å². The molecule has 7 nitrogen and oxygen atoms in total. The monoisotopic (exact) mass is 332 g/mol. The predicted octanol–water partition coefficient (Wildman–Crippen LogP) is 1.03. The molecule has 2 aliphatic heterocycles. The van der Waals surface area contributed by atoms with Crippen LogP contribution in [0.5, 0.6) is 11.5 Å². The fourth-order valence-electron chi connectivity index (χ4n) is 2.80. The third kappa shape index (κ3) is 2.81. The number of para-hydroxylation sites is 2. The van der Waals surface area contributed by atoms with Crippen molar-refractivity contribution in [3.63, 3.8) is 0 Å². The van der Waals surface area contributed by atoms with E-state index in [-0.39, 0.29) is 12.5 Å². The quantitative estimate of drug-likeness (QED) is 0.818. The molecule has 1 fully saturated rings. The van der Waals surface area contributed by atoms with Gasteiger partial charge in [-0.15, -0.1) is 0 Å². The molecule has 1 aromatic carbocycles. The molecular weight excluding hydrogens is 316 g/mol. The largest absolute Gasteiger partial charge is 0.485 e. The topological polar surface area (TPSA) is 67.8 Å². The number of ether oxygens (including phenoxy) is 2. The second-order valence-corrected chi connectivity index (χ2v) is 6.00. The fourth-order valence-corrected chi connectivity index (χ4v) is 3.23. The number of nitrogens with zero attached hydrogens (tertiary/aromatic N) is 4. The van der Waals surface area contributed by atoms with Crippen LogP contribution in [0.3, 0.4) is 0 Å². The van der Waals surface area contributed by atoms with Gasteiger partial charge in [0.2, 0.25) is 6.10 Å². The molecule has 0 aliphatic carbocycles. The lowest BCUT2D eigenvalue weighted by atomic mass is 10.2. The van der Waals surface area contributed by atoms with Gasteiger partial charge in [-0.1, -0.05) is 12.1 Å². The molecule has 0 N–H and O–H groups in total. The molecule has 1 saturated heterocycles. The van der Waals surface area contributed by atoms with Crippen molar-refractivity contribution in [2.45, 2.75) is 6.10 Å². The van der Waals surface area contributed by atoms with Crippen LogP contribution in [-0.2, 0) is 4.79 Å². The van der Waals surface area contributed by atoms with E-state index in [0.717, 1.165) is 18.9 Å². The number of fused-ring (bicyclic) bond motifs is 1. The molecule has 2 aliphatic rings. The van der Waals surface area contributed by atoms with Crippen LogP contribution in [0.25, 0.3) is 0 Å². The van der Waals surface area contributed by atoms with Crippen LogP contribution in [0.4, 0.5) is 5.82 Å². The molecule has 3 heterocycles. The first kappa shape index (κ1) is 14.3. The number of carbonyl (C=O) groups excluding carboxylic acids is 1. The molecule has 0 unspecified atom stereocenters. The summed E-state index contributed by atoms with van der Waals surface area (Å²) >= 11 is 1.20. The van der Waals surface area contributed by atoms with Crippen molar-refractivity contribution in [1.82, 2.24) is 13.6 Å². The van der Waals surface area contributed by atoms with Gasteiger partial charge in [0.1, 0.15) is 6.61 Å².